The lowest BCUT2D eigenvalue weighted by atomic mass is 9.99. The molecule has 0 radical (unpaired) electrons. The van der Waals surface area contributed by atoms with Gasteiger partial charge in [-0.25, -0.2) is 8.42 Å². The van der Waals surface area contributed by atoms with Gasteiger partial charge in [0.25, 0.3) is 10.0 Å². The SMILES string of the molecule is COC(=O)CNC(=O)[C@H]1CCCN(S(=O)(=O)c2ccc(Br)s2)C1. The number of nitrogens with zero attached hydrogens (tertiary/aromatic N) is 1. The fourth-order valence-corrected chi connectivity index (χ4v) is 6.00. The van der Waals surface area contributed by atoms with Gasteiger partial charge in [-0.1, -0.05) is 0 Å². The molecule has 1 atom stereocenters. The first-order valence-electron chi connectivity index (χ1n) is 6.94. The maximum absolute atomic E-state index is 12.6. The number of methoxy groups -OCH3 is 1. The van der Waals surface area contributed by atoms with Crippen LogP contribution in [0.3, 0.4) is 0 Å². The molecule has 1 aliphatic heterocycles. The number of sulfonamides is 1. The molecule has 0 unspecified atom stereocenters. The normalized spacial score (nSPS) is 19.3. The van der Waals surface area contributed by atoms with Crippen LogP contribution in [0.15, 0.2) is 20.1 Å². The number of nitrogens with one attached hydrogen (secondary N) is 1. The third-order valence-corrected chi connectivity index (χ3v) is 7.49. The summed E-state index contributed by atoms with van der Waals surface area (Å²) < 4.78 is 32.0. The van der Waals surface area contributed by atoms with E-state index in [1.165, 1.54) is 11.4 Å². The van der Waals surface area contributed by atoms with Gasteiger partial charge in [-0.3, -0.25) is 9.59 Å². The van der Waals surface area contributed by atoms with Crippen LogP contribution in [0, 0.1) is 5.92 Å². The van der Waals surface area contributed by atoms with Crippen LogP contribution in [0.25, 0.3) is 0 Å². The summed E-state index contributed by atoms with van der Waals surface area (Å²) in [6, 6.07) is 3.23. The van der Waals surface area contributed by atoms with Crippen molar-refractivity contribution in [3.63, 3.8) is 0 Å². The van der Waals surface area contributed by atoms with E-state index in [2.05, 4.69) is 26.0 Å². The van der Waals surface area contributed by atoms with Crippen molar-refractivity contribution in [1.82, 2.24) is 9.62 Å². The van der Waals surface area contributed by atoms with Gasteiger partial charge in [0.1, 0.15) is 10.8 Å². The Morgan fingerprint density at radius 2 is 2.22 bits per heavy atom. The Morgan fingerprint density at radius 3 is 2.83 bits per heavy atom. The van der Waals surface area contributed by atoms with E-state index in [0.717, 1.165) is 15.1 Å². The van der Waals surface area contributed by atoms with Gasteiger partial charge in [0, 0.05) is 13.1 Å². The smallest absolute Gasteiger partial charge is 0.325 e. The molecule has 0 bridgehead atoms. The van der Waals surface area contributed by atoms with E-state index in [1.807, 2.05) is 0 Å². The van der Waals surface area contributed by atoms with Crippen molar-refractivity contribution in [2.24, 2.45) is 5.92 Å². The molecule has 0 saturated carbocycles. The molecule has 1 aliphatic rings. The van der Waals surface area contributed by atoms with Crippen molar-refractivity contribution in [3.05, 3.63) is 15.9 Å². The van der Waals surface area contributed by atoms with Gasteiger partial charge in [0.15, 0.2) is 0 Å². The van der Waals surface area contributed by atoms with Gasteiger partial charge < -0.3 is 10.1 Å². The minimum absolute atomic E-state index is 0.116. The van der Waals surface area contributed by atoms with E-state index in [9.17, 15) is 18.0 Å². The minimum atomic E-state index is -3.59. The van der Waals surface area contributed by atoms with Crippen LogP contribution in [0.1, 0.15) is 12.8 Å². The number of piperidine rings is 1. The number of hydrogen-bond acceptors (Lipinski definition) is 6. The summed E-state index contributed by atoms with van der Waals surface area (Å²) in [6.45, 7) is 0.292. The van der Waals surface area contributed by atoms with Gasteiger partial charge in [0.2, 0.25) is 5.91 Å². The topological polar surface area (TPSA) is 92.8 Å². The maximum Gasteiger partial charge on any atom is 0.325 e. The summed E-state index contributed by atoms with van der Waals surface area (Å²) >= 11 is 4.39. The van der Waals surface area contributed by atoms with Crippen LogP contribution in [0.2, 0.25) is 0 Å². The quantitative estimate of drug-likeness (QED) is 0.716. The first-order chi connectivity index (χ1) is 10.8. The van der Waals surface area contributed by atoms with E-state index in [1.54, 1.807) is 12.1 Å². The predicted molar refractivity (Wildman–Crippen MR) is 88.5 cm³/mol. The number of rotatable bonds is 5. The average molecular weight is 425 g/mol. The zero-order valence-corrected chi connectivity index (χ0v) is 15.7. The first-order valence-corrected chi connectivity index (χ1v) is 9.99. The van der Waals surface area contributed by atoms with Crippen LogP contribution in [-0.4, -0.2) is 51.3 Å². The number of carbonyl (C=O) groups excluding carboxylic acids is 2. The van der Waals surface area contributed by atoms with Crippen LogP contribution in [-0.2, 0) is 24.3 Å². The maximum atomic E-state index is 12.6. The molecule has 1 aromatic rings. The molecule has 1 aromatic heterocycles. The summed E-state index contributed by atoms with van der Waals surface area (Å²) in [6.07, 6.45) is 1.19. The number of thiophene rings is 1. The Kier molecular flexibility index (Phi) is 6.18. The molecule has 23 heavy (non-hydrogen) atoms. The standard InChI is InChI=1S/C13H17BrN2O5S2/c1-21-11(17)7-15-13(18)9-3-2-6-16(8-9)23(19,20)12-5-4-10(14)22-12/h4-5,9H,2-3,6-8H2,1H3,(H,15,18)/t9-/m0/s1. The third-order valence-electron chi connectivity index (χ3n) is 3.53. The van der Waals surface area contributed by atoms with Crippen LogP contribution in [0.5, 0.6) is 0 Å². The zero-order valence-electron chi connectivity index (χ0n) is 12.5. The van der Waals surface area contributed by atoms with E-state index in [0.29, 0.717) is 19.4 Å². The van der Waals surface area contributed by atoms with Crippen molar-refractivity contribution in [3.8, 4) is 0 Å². The molecule has 0 aliphatic carbocycles. The molecule has 1 fully saturated rings. The highest BCUT2D eigenvalue weighted by Crippen LogP contribution is 2.30. The number of halogens is 1. The molecular formula is C13H17BrN2O5S2. The summed E-state index contributed by atoms with van der Waals surface area (Å²) in [5.41, 5.74) is 0. The number of hydrogen-bond donors (Lipinski definition) is 1. The van der Waals surface area contributed by atoms with Gasteiger partial charge >= 0.3 is 5.97 Å². The molecule has 0 aromatic carbocycles. The molecule has 1 saturated heterocycles. The Bertz CT molecular complexity index is 688. The van der Waals surface area contributed by atoms with E-state index < -0.39 is 21.9 Å². The molecule has 0 spiro atoms. The Hall–Kier alpha value is -0.970. The zero-order chi connectivity index (χ0) is 17.0. The van der Waals surface area contributed by atoms with E-state index >= 15 is 0 Å². The lowest BCUT2D eigenvalue weighted by Gasteiger charge is -2.30. The van der Waals surface area contributed by atoms with Crippen molar-refractivity contribution in [1.29, 1.82) is 0 Å². The second kappa shape index (κ2) is 7.73. The Balaban J connectivity index is 2.03. The Morgan fingerprint density at radius 1 is 1.48 bits per heavy atom. The molecular weight excluding hydrogens is 408 g/mol. The number of ether oxygens (including phenoxy) is 1. The second-order valence-corrected chi connectivity index (χ2v) is 9.68. The summed E-state index contributed by atoms with van der Waals surface area (Å²) in [4.78, 5) is 23.1. The fraction of sp³-hybridized carbons (Fsp3) is 0.538. The van der Waals surface area contributed by atoms with Crippen molar-refractivity contribution in [2.45, 2.75) is 17.1 Å². The highest BCUT2D eigenvalue weighted by atomic mass is 79.9. The number of amides is 1. The van der Waals surface area contributed by atoms with Crippen molar-refractivity contribution >= 4 is 49.2 Å². The van der Waals surface area contributed by atoms with Crippen LogP contribution in [0.4, 0.5) is 0 Å². The lowest BCUT2D eigenvalue weighted by Crippen LogP contribution is -2.46. The van der Waals surface area contributed by atoms with Gasteiger partial charge in [-0.15, -0.1) is 11.3 Å². The molecule has 2 heterocycles. The number of esters is 1. The summed E-state index contributed by atoms with van der Waals surface area (Å²) in [5.74, 6) is -1.34. The van der Waals surface area contributed by atoms with E-state index in [-0.39, 0.29) is 23.2 Å². The summed E-state index contributed by atoms with van der Waals surface area (Å²) in [5, 5.41) is 2.48. The number of carbonyl (C=O) groups is 2. The van der Waals surface area contributed by atoms with Crippen molar-refractivity contribution in [2.75, 3.05) is 26.7 Å². The third kappa shape index (κ3) is 4.52. The van der Waals surface area contributed by atoms with Gasteiger partial charge in [-0.05, 0) is 40.9 Å². The highest BCUT2D eigenvalue weighted by molar-refractivity contribution is 9.11. The molecule has 1 N–H and O–H groups in total. The average Bonchev–Trinajstić information content (AvgIpc) is 2.99. The summed E-state index contributed by atoms with van der Waals surface area (Å²) in [7, 11) is -2.35. The predicted octanol–water partition coefficient (Wildman–Crippen LogP) is 1.20. The molecule has 7 nitrogen and oxygen atoms in total. The molecule has 128 valence electrons. The fourth-order valence-electron chi connectivity index (χ4n) is 2.31. The largest absolute Gasteiger partial charge is 0.468 e. The van der Waals surface area contributed by atoms with Crippen molar-refractivity contribution < 1.29 is 22.7 Å². The second-order valence-electron chi connectivity index (χ2n) is 5.05. The Labute approximate surface area is 147 Å². The minimum Gasteiger partial charge on any atom is -0.468 e. The highest BCUT2D eigenvalue weighted by Gasteiger charge is 2.34. The molecule has 10 heteroatoms. The molecule has 1 amide bonds. The monoisotopic (exact) mass is 424 g/mol. The van der Waals surface area contributed by atoms with Gasteiger partial charge in [0.05, 0.1) is 16.8 Å². The van der Waals surface area contributed by atoms with E-state index in [4.69, 9.17) is 0 Å². The lowest BCUT2D eigenvalue weighted by molar-refractivity contribution is -0.141. The van der Waals surface area contributed by atoms with Crippen LogP contribution < -0.4 is 5.32 Å². The van der Waals surface area contributed by atoms with Crippen LogP contribution >= 0.6 is 27.3 Å². The first kappa shape index (κ1) is 18.4. The molecule has 2 rings (SSSR count). The van der Waals surface area contributed by atoms with Gasteiger partial charge in [-0.2, -0.15) is 4.31 Å².